The lowest BCUT2D eigenvalue weighted by Crippen LogP contribution is -2.55. The second-order valence-electron chi connectivity index (χ2n) is 15.5. The first-order valence-electron chi connectivity index (χ1n) is 21.5. The highest BCUT2D eigenvalue weighted by atomic mass is 16.6. The molecule has 8 nitrogen and oxygen atoms in total. The Morgan fingerprint density at radius 1 is 0.585 bits per heavy atom. The Morgan fingerprint density at radius 2 is 1.06 bits per heavy atom. The lowest BCUT2D eigenvalue weighted by atomic mass is 10.1. The Morgan fingerprint density at radius 3 is 1.60 bits per heavy atom. The van der Waals surface area contributed by atoms with Gasteiger partial charge in [0.15, 0.2) is 6.10 Å². The largest absolute Gasteiger partial charge is 0.544 e. The average Bonchev–Trinajstić information content (AvgIpc) is 3.11. The van der Waals surface area contributed by atoms with Crippen molar-refractivity contribution in [2.75, 3.05) is 41.0 Å². The number of rotatable bonds is 38. The number of hydrogen-bond acceptors (Lipinski definition) is 7. The number of hydrogen-bond donors (Lipinski definition) is 0. The highest BCUT2D eigenvalue weighted by Crippen LogP contribution is 2.14. The summed E-state index contributed by atoms with van der Waals surface area (Å²) in [4.78, 5) is 36.7. The fraction of sp³-hybridized carbons (Fsp3) is 0.800. The average molecular weight is 748 g/mol. The molecule has 0 aliphatic heterocycles. The predicted molar refractivity (Wildman–Crippen MR) is 217 cm³/mol. The molecule has 0 heterocycles. The van der Waals surface area contributed by atoms with E-state index in [1.165, 1.54) is 96.3 Å². The van der Waals surface area contributed by atoms with Gasteiger partial charge in [0.05, 0.1) is 40.3 Å². The van der Waals surface area contributed by atoms with Crippen molar-refractivity contribution < 1.29 is 38.2 Å². The van der Waals surface area contributed by atoms with E-state index in [1.54, 1.807) is 21.1 Å². The molecule has 0 radical (unpaired) electrons. The van der Waals surface area contributed by atoms with Crippen LogP contribution in [-0.4, -0.2) is 75.5 Å². The van der Waals surface area contributed by atoms with Crippen LogP contribution in [0, 0.1) is 0 Å². The lowest BCUT2D eigenvalue weighted by molar-refractivity contribution is -0.889. The van der Waals surface area contributed by atoms with Crippen LogP contribution in [0.25, 0.3) is 0 Å². The van der Waals surface area contributed by atoms with Crippen LogP contribution in [-0.2, 0) is 28.6 Å². The third-order valence-corrected chi connectivity index (χ3v) is 9.51. The molecule has 0 saturated heterocycles. The minimum Gasteiger partial charge on any atom is -0.544 e. The maximum atomic E-state index is 12.6. The molecule has 0 spiro atoms. The first-order chi connectivity index (χ1) is 25.6. The highest BCUT2D eigenvalue weighted by molar-refractivity contribution is 5.70. The van der Waals surface area contributed by atoms with Crippen molar-refractivity contribution in [2.45, 2.75) is 193 Å². The number of allylic oxidation sites excluding steroid dienone is 6. The minimum absolute atomic E-state index is 0.0268. The second kappa shape index (κ2) is 36.5. The maximum absolute atomic E-state index is 12.6. The number of carboxylic acids is 1. The number of esters is 2. The van der Waals surface area contributed by atoms with Crippen molar-refractivity contribution >= 4 is 17.9 Å². The van der Waals surface area contributed by atoms with Gasteiger partial charge in [-0.15, -0.1) is 0 Å². The van der Waals surface area contributed by atoms with E-state index in [-0.39, 0.29) is 49.1 Å². The third-order valence-electron chi connectivity index (χ3n) is 9.51. The topological polar surface area (TPSA) is 102 Å². The molecule has 0 aliphatic carbocycles. The Labute approximate surface area is 325 Å². The van der Waals surface area contributed by atoms with Gasteiger partial charge in [-0.2, -0.15) is 0 Å². The number of nitrogens with zero attached hydrogens (tertiary/aromatic N) is 1. The van der Waals surface area contributed by atoms with Gasteiger partial charge >= 0.3 is 11.9 Å². The van der Waals surface area contributed by atoms with Crippen LogP contribution >= 0.6 is 0 Å². The summed E-state index contributed by atoms with van der Waals surface area (Å²) in [6, 6.07) is -0.730. The van der Waals surface area contributed by atoms with Crippen LogP contribution < -0.4 is 5.11 Å². The molecule has 2 unspecified atom stereocenters. The van der Waals surface area contributed by atoms with E-state index in [0.717, 1.165) is 44.9 Å². The number of quaternary nitrogens is 1. The van der Waals surface area contributed by atoms with Gasteiger partial charge in [-0.05, 0) is 64.2 Å². The second-order valence-corrected chi connectivity index (χ2v) is 15.5. The fourth-order valence-corrected chi connectivity index (χ4v) is 6.16. The van der Waals surface area contributed by atoms with Crippen LogP contribution in [0.3, 0.4) is 0 Å². The Kier molecular flexibility index (Phi) is 34.8. The van der Waals surface area contributed by atoms with Crippen molar-refractivity contribution in [1.82, 2.24) is 0 Å². The number of carboxylic acid groups (broad SMARTS) is 1. The standard InChI is InChI=1S/C45H81NO7/c1-6-8-10-12-14-16-17-18-19-20-21-22-23-24-25-26-28-29-31-33-35-43(47)52-40-41(39-51-38-37-42(45(49)50)46(3,4)5)53-44(48)36-34-32-30-27-15-13-11-9-7-2/h9,11,15,21-22,27,41-42H,6-8,10,12-14,16-20,23-26,28-40H2,1-5H3/b11-9+,22-21+,27-15+. The summed E-state index contributed by atoms with van der Waals surface area (Å²) in [5.41, 5.74) is 0. The first-order valence-corrected chi connectivity index (χ1v) is 21.5. The van der Waals surface area contributed by atoms with Crippen LogP contribution in [0.2, 0.25) is 0 Å². The SMILES string of the molecule is CC/C=C/C/C=C/CCCCC(=O)OC(COCCC(C(=O)[O-])[N+](C)(C)C)COC(=O)CCCCCCCCC/C=C/CCCCCCCCCCC. The van der Waals surface area contributed by atoms with Gasteiger partial charge < -0.3 is 28.6 Å². The molecule has 0 aromatic rings. The van der Waals surface area contributed by atoms with Crippen molar-refractivity contribution in [1.29, 1.82) is 0 Å². The smallest absolute Gasteiger partial charge is 0.306 e. The van der Waals surface area contributed by atoms with Crippen molar-refractivity contribution in [3.8, 4) is 0 Å². The molecule has 0 aliphatic rings. The number of ether oxygens (including phenoxy) is 3. The molecule has 53 heavy (non-hydrogen) atoms. The quantitative estimate of drug-likeness (QED) is 0.0268. The monoisotopic (exact) mass is 748 g/mol. The van der Waals surface area contributed by atoms with Gasteiger partial charge in [-0.25, -0.2) is 0 Å². The van der Waals surface area contributed by atoms with Crippen molar-refractivity contribution in [3.63, 3.8) is 0 Å². The molecule has 8 heteroatoms. The van der Waals surface area contributed by atoms with Gasteiger partial charge in [0.2, 0.25) is 0 Å². The summed E-state index contributed by atoms with van der Waals surface area (Å²) in [6.07, 6.45) is 40.5. The molecule has 0 saturated carbocycles. The predicted octanol–water partition coefficient (Wildman–Crippen LogP) is 10.1. The van der Waals surface area contributed by atoms with E-state index in [1.807, 2.05) is 0 Å². The molecule has 2 atom stereocenters. The molecular weight excluding hydrogens is 666 g/mol. The summed E-state index contributed by atoms with van der Waals surface area (Å²) in [5.74, 6) is -1.79. The zero-order chi connectivity index (χ0) is 39.3. The number of aliphatic carboxylic acids is 1. The summed E-state index contributed by atoms with van der Waals surface area (Å²) in [5, 5.41) is 11.6. The number of unbranched alkanes of at least 4 members (excludes halogenated alkanes) is 18. The third kappa shape index (κ3) is 35.0. The molecule has 0 aromatic heterocycles. The zero-order valence-electron chi connectivity index (χ0n) is 34.9. The summed E-state index contributed by atoms with van der Waals surface area (Å²) < 4.78 is 17.1. The summed E-state index contributed by atoms with van der Waals surface area (Å²) >= 11 is 0. The zero-order valence-corrected chi connectivity index (χ0v) is 34.9. The van der Waals surface area contributed by atoms with E-state index < -0.39 is 18.1 Å². The van der Waals surface area contributed by atoms with Crippen LogP contribution in [0.1, 0.15) is 181 Å². The highest BCUT2D eigenvalue weighted by Gasteiger charge is 2.25. The first kappa shape index (κ1) is 50.5. The normalized spacial score (nSPS) is 13.3. The van der Waals surface area contributed by atoms with Crippen molar-refractivity contribution in [3.05, 3.63) is 36.5 Å². The molecule has 0 amide bonds. The molecule has 0 rings (SSSR count). The lowest BCUT2D eigenvalue weighted by Gasteiger charge is -2.34. The number of likely N-dealkylation sites (N-methyl/N-ethyl adjacent to an activating group) is 1. The Balaban J connectivity index is 4.25. The van der Waals surface area contributed by atoms with E-state index >= 15 is 0 Å². The van der Waals surface area contributed by atoms with Gasteiger partial charge in [-0.1, -0.05) is 134 Å². The number of carbonyl (C=O) groups excluding carboxylic acids is 3. The van der Waals surface area contributed by atoms with Crippen LogP contribution in [0.5, 0.6) is 0 Å². The Hall–Kier alpha value is -2.45. The molecule has 308 valence electrons. The van der Waals surface area contributed by atoms with E-state index in [9.17, 15) is 19.5 Å². The van der Waals surface area contributed by atoms with Gasteiger partial charge in [0.25, 0.3) is 0 Å². The molecule has 0 bridgehead atoms. The Bertz CT molecular complexity index is 968. The summed E-state index contributed by atoms with van der Waals surface area (Å²) in [7, 11) is 5.38. The van der Waals surface area contributed by atoms with Gasteiger partial charge in [-0.3, -0.25) is 9.59 Å². The van der Waals surface area contributed by atoms with E-state index in [4.69, 9.17) is 14.2 Å². The maximum Gasteiger partial charge on any atom is 0.306 e. The van der Waals surface area contributed by atoms with Crippen molar-refractivity contribution in [2.24, 2.45) is 0 Å². The summed E-state index contributed by atoms with van der Waals surface area (Å²) in [6.45, 7) is 4.49. The van der Waals surface area contributed by atoms with E-state index in [0.29, 0.717) is 12.8 Å². The van der Waals surface area contributed by atoms with Crippen LogP contribution in [0.15, 0.2) is 36.5 Å². The molecular formula is C45H81NO7. The molecule has 0 aromatic carbocycles. The number of carbonyl (C=O) groups is 3. The van der Waals surface area contributed by atoms with Crippen LogP contribution in [0.4, 0.5) is 0 Å². The minimum atomic E-state index is -1.13. The van der Waals surface area contributed by atoms with E-state index in [2.05, 4.69) is 50.3 Å². The fourth-order valence-electron chi connectivity index (χ4n) is 6.16. The van der Waals surface area contributed by atoms with Gasteiger partial charge in [0.1, 0.15) is 12.6 Å². The molecule has 0 fully saturated rings. The molecule has 0 N–H and O–H groups in total. The van der Waals surface area contributed by atoms with Gasteiger partial charge in [0, 0.05) is 19.3 Å².